The van der Waals surface area contributed by atoms with Gasteiger partial charge in [-0.1, -0.05) is 185 Å². The maximum atomic E-state index is 17.0. The Bertz CT molecular complexity index is 2460. The van der Waals surface area contributed by atoms with Crippen molar-refractivity contribution < 1.29 is 51.5 Å². The summed E-state index contributed by atoms with van der Waals surface area (Å²) in [5, 5.41) is 12.2. The second-order valence-corrected chi connectivity index (χ2v) is 17.9. The Kier molecular flexibility index (Phi) is 18.0. The van der Waals surface area contributed by atoms with E-state index in [1.807, 2.05) is 142 Å². The molecule has 0 radical (unpaired) electrons. The first-order valence-corrected chi connectivity index (χ1v) is 23.8. The normalized spacial score (nSPS) is 24.7. The van der Waals surface area contributed by atoms with Crippen LogP contribution < -0.4 is 0 Å². The van der Waals surface area contributed by atoms with Gasteiger partial charge in [0, 0.05) is 17.4 Å². The second kappa shape index (κ2) is 24.3. The van der Waals surface area contributed by atoms with E-state index in [-0.39, 0.29) is 60.8 Å². The summed E-state index contributed by atoms with van der Waals surface area (Å²) in [6.45, 7) is 8.73. The molecule has 1 N–H and O–H groups in total. The molecule has 0 bridgehead atoms. The van der Waals surface area contributed by atoms with Crippen molar-refractivity contribution in [2.75, 3.05) is 0 Å². The van der Waals surface area contributed by atoms with Gasteiger partial charge in [0.15, 0.2) is 6.10 Å². The SMILES string of the molecule is CC[C@H]1OC(=O)[C@H](OCc2ccccc2)[C@@H](OCc2ccccc2)[C@@H]1C.CC[C@H]1O[C@@](O)(C(F)(F)c2ccccc2Cc2ccc(F)cc2)[C@H](OCc2ccccc2)[C@@H](OCc2ccccc2)[C@@H]1C. The van der Waals surface area contributed by atoms with Gasteiger partial charge in [-0.2, -0.15) is 8.78 Å². The van der Waals surface area contributed by atoms with Crippen LogP contribution in [0.5, 0.6) is 0 Å². The molecule has 0 aromatic heterocycles. The third-order valence-electron chi connectivity index (χ3n) is 13.1. The van der Waals surface area contributed by atoms with Crippen molar-refractivity contribution in [1.82, 2.24) is 0 Å². The van der Waals surface area contributed by atoms with Crippen molar-refractivity contribution in [2.24, 2.45) is 11.8 Å². The number of rotatable bonds is 18. The Morgan fingerprint density at radius 1 is 0.551 bits per heavy atom. The zero-order valence-electron chi connectivity index (χ0n) is 39.7. The van der Waals surface area contributed by atoms with Crippen LogP contribution in [0, 0.1) is 17.7 Å². The maximum absolute atomic E-state index is 17.0. The van der Waals surface area contributed by atoms with Crippen molar-refractivity contribution in [3.8, 4) is 0 Å². The summed E-state index contributed by atoms with van der Waals surface area (Å²) < 4.78 is 83.9. The molecule has 9 atom stereocenters. The first-order valence-electron chi connectivity index (χ1n) is 23.8. The quantitative estimate of drug-likeness (QED) is 0.0852. The van der Waals surface area contributed by atoms with Crippen LogP contribution in [0.2, 0.25) is 0 Å². The highest BCUT2D eigenvalue weighted by atomic mass is 19.3. The van der Waals surface area contributed by atoms with Crippen molar-refractivity contribution in [1.29, 1.82) is 0 Å². The fourth-order valence-corrected chi connectivity index (χ4v) is 9.12. The average molecular weight is 945 g/mol. The number of ether oxygens (including phenoxy) is 6. The fourth-order valence-electron chi connectivity index (χ4n) is 9.12. The monoisotopic (exact) mass is 944 g/mol. The number of alkyl halides is 2. The molecule has 2 heterocycles. The van der Waals surface area contributed by atoms with Gasteiger partial charge < -0.3 is 33.5 Å². The molecule has 0 aliphatic carbocycles. The van der Waals surface area contributed by atoms with Gasteiger partial charge in [-0.25, -0.2) is 9.18 Å². The van der Waals surface area contributed by atoms with E-state index in [4.69, 9.17) is 28.4 Å². The van der Waals surface area contributed by atoms with E-state index in [2.05, 4.69) is 6.92 Å². The Labute approximate surface area is 404 Å². The zero-order valence-corrected chi connectivity index (χ0v) is 39.7. The summed E-state index contributed by atoms with van der Waals surface area (Å²) in [6, 6.07) is 50.2. The number of cyclic esters (lactones) is 1. The van der Waals surface area contributed by atoms with Crippen LogP contribution in [0.1, 0.15) is 79.5 Å². The van der Waals surface area contributed by atoms with E-state index < -0.39 is 41.9 Å². The van der Waals surface area contributed by atoms with Crippen LogP contribution in [0.4, 0.5) is 13.2 Å². The minimum atomic E-state index is -3.91. The highest BCUT2D eigenvalue weighted by molar-refractivity contribution is 5.76. The van der Waals surface area contributed by atoms with Crippen LogP contribution >= 0.6 is 0 Å². The lowest BCUT2D eigenvalue weighted by Gasteiger charge is -2.52. The topological polar surface area (TPSA) is 92.7 Å². The molecular formula is C58H63F3O8. The number of hydrogen-bond donors (Lipinski definition) is 1. The van der Waals surface area contributed by atoms with E-state index in [1.54, 1.807) is 24.3 Å². The summed E-state index contributed by atoms with van der Waals surface area (Å²) in [5.41, 5.74) is 4.28. The van der Waals surface area contributed by atoms with Crippen molar-refractivity contribution >= 4 is 5.97 Å². The van der Waals surface area contributed by atoms with E-state index in [1.165, 1.54) is 24.3 Å². The largest absolute Gasteiger partial charge is 0.460 e. The molecule has 11 heteroatoms. The fraction of sp³-hybridized carbons (Fsp3) is 0.362. The maximum Gasteiger partial charge on any atom is 0.338 e. The van der Waals surface area contributed by atoms with Crippen molar-refractivity contribution in [2.45, 2.75) is 122 Å². The molecule has 6 aromatic rings. The molecule has 0 amide bonds. The molecule has 8 nitrogen and oxygen atoms in total. The van der Waals surface area contributed by atoms with E-state index >= 15 is 8.78 Å². The molecule has 364 valence electrons. The Hall–Kier alpha value is -5.66. The van der Waals surface area contributed by atoms with Crippen molar-refractivity contribution in [3.63, 3.8) is 0 Å². The summed E-state index contributed by atoms with van der Waals surface area (Å²) in [5.74, 6) is -8.00. The predicted octanol–water partition coefficient (Wildman–Crippen LogP) is 11.9. The Morgan fingerprint density at radius 2 is 0.986 bits per heavy atom. The summed E-state index contributed by atoms with van der Waals surface area (Å²) >= 11 is 0. The molecule has 0 unspecified atom stereocenters. The van der Waals surface area contributed by atoms with Gasteiger partial charge in [-0.3, -0.25) is 0 Å². The average Bonchev–Trinajstić information content (AvgIpc) is 3.38. The molecule has 0 saturated carbocycles. The van der Waals surface area contributed by atoms with Gasteiger partial charge in [0.25, 0.3) is 5.79 Å². The predicted molar refractivity (Wildman–Crippen MR) is 258 cm³/mol. The Balaban J connectivity index is 0.000000231. The standard InChI is InChI=1S/C36H37F3O4.C22H26O4/c1-3-32-25(2)33(41-23-27-12-6-4-7-13-27)34(42-24-28-14-8-5-9-15-28)36(40,43-32)35(38,39)31-17-11-10-16-29(31)22-26-18-20-30(37)21-19-26;1-3-19-16(2)20(24-14-17-10-6-4-7-11-17)21(22(23)26-19)25-15-18-12-8-5-9-13-18/h4-21,25,32-34,40H,3,22-24H2,1-2H3;4-13,16,19-21H,3,14-15H2,1-2H3/t25-,32-,33+,34-,36-;16-,19-,20+,21-/m11/s1. The first-order chi connectivity index (χ1) is 33.4. The third-order valence-corrected chi connectivity index (χ3v) is 13.1. The van der Waals surface area contributed by atoms with Crippen LogP contribution in [-0.2, 0) is 72.0 Å². The smallest absolute Gasteiger partial charge is 0.338 e. The molecule has 2 aliphatic rings. The van der Waals surface area contributed by atoms with Gasteiger partial charge >= 0.3 is 11.9 Å². The van der Waals surface area contributed by atoms with Gasteiger partial charge in [-0.15, -0.1) is 0 Å². The Morgan fingerprint density at radius 3 is 1.49 bits per heavy atom. The number of halogens is 3. The van der Waals surface area contributed by atoms with Crippen LogP contribution in [0.25, 0.3) is 0 Å². The number of benzene rings is 6. The first kappa shape index (κ1) is 51.2. The van der Waals surface area contributed by atoms with Gasteiger partial charge in [0.2, 0.25) is 0 Å². The van der Waals surface area contributed by atoms with Crippen LogP contribution in [0.15, 0.2) is 170 Å². The highest BCUT2D eigenvalue weighted by Crippen LogP contribution is 2.51. The number of carbonyl (C=O) groups is 1. The molecular weight excluding hydrogens is 882 g/mol. The van der Waals surface area contributed by atoms with E-state index in [0.717, 1.165) is 28.7 Å². The minimum Gasteiger partial charge on any atom is -0.460 e. The highest BCUT2D eigenvalue weighted by Gasteiger charge is 2.67. The lowest BCUT2D eigenvalue weighted by atomic mass is 9.80. The second-order valence-electron chi connectivity index (χ2n) is 17.9. The molecule has 69 heavy (non-hydrogen) atoms. The van der Waals surface area contributed by atoms with E-state index in [0.29, 0.717) is 25.2 Å². The number of carbonyl (C=O) groups excluding carboxylic acids is 1. The zero-order chi connectivity index (χ0) is 48.8. The summed E-state index contributed by atoms with van der Waals surface area (Å²) in [6.07, 6.45) is -3.10. The molecule has 2 aliphatic heterocycles. The van der Waals surface area contributed by atoms with Gasteiger partial charge in [0.1, 0.15) is 24.1 Å². The molecule has 2 saturated heterocycles. The molecule has 2 fully saturated rings. The van der Waals surface area contributed by atoms with Crippen LogP contribution in [0.3, 0.4) is 0 Å². The number of esters is 1. The number of hydrogen-bond acceptors (Lipinski definition) is 8. The lowest BCUT2D eigenvalue weighted by Crippen LogP contribution is -2.69. The van der Waals surface area contributed by atoms with Crippen molar-refractivity contribution in [3.05, 3.63) is 215 Å². The summed E-state index contributed by atoms with van der Waals surface area (Å²) in [7, 11) is 0. The van der Waals surface area contributed by atoms with Gasteiger partial charge in [0.05, 0.1) is 38.6 Å². The molecule has 0 spiro atoms. The molecule has 8 rings (SSSR count). The lowest BCUT2D eigenvalue weighted by molar-refractivity contribution is -0.419. The summed E-state index contributed by atoms with van der Waals surface area (Å²) in [4.78, 5) is 12.5. The van der Waals surface area contributed by atoms with Crippen LogP contribution in [-0.4, -0.2) is 53.5 Å². The van der Waals surface area contributed by atoms with E-state index in [9.17, 15) is 14.3 Å². The molecule has 6 aromatic carbocycles. The minimum absolute atomic E-state index is 0.0286. The number of aliphatic hydroxyl groups is 1. The van der Waals surface area contributed by atoms with Gasteiger partial charge in [-0.05, 0) is 64.8 Å². The third kappa shape index (κ3) is 12.8.